The molecule has 2 saturated heterocycles. The van der Waals surface area contributed by atoms with Gasteiger partial charge in [0, 0.05) is 19.0 Å². The van der Waals surface area contributed by atoms with Crippen LogP contribution in [0.4, 0.5) is 0 Å². The molecule has 0 saturated carbocycles. The fourth-order valence-electron chi connectivity index (χ4n) is 2.85. The van der Waals surface area contributed by atoms with Crippen LogP contribution in [0.25, 0.3) is 0 Å². The molecule has 0 radical (unpaired) electrons. The van der Waals surface area contributed by atoms with Gasteiger partial charge in [0.1, 0.15) is 0 Å². The lowest BCUT2D eigenvalue weighted by Crippen LogP contribution is -2.41. The van der Waals surface area contributed by atoms with Gasteiger partial charge in [0.15, 0.2) is 5.76 Å². The van der Waals surface area contributed by atoms with Crippen LogP contribution in [0.15, 0.2) is 21.6 Å². The molecule has 25 heavy (non-hydrogen) atoms. The van der Waals surface area contributed by atoms with Crippen molar-refractivity contribution in [3.8, 4) is 0 Å². The summed E-state index contributed by atoms with van der Waals surface area (Å²) in [6.07, 6.45) is 1.32. The second-order valence-electron chi connectivity index (χ2n) is 5.98. The first-order chi connectivity index (χ1) is 12.0. The maximum atomic E-state index is 12.5. The molecule has 2 amide bonds. The molecule has 0 spiro atoms. The van der Waals surface area contributed by atoms with Crippen LogP contribution >= 0.6 is 0 Å². The van der Waals surface area contributed by atoms with Crippen molar-refractivity contribution in [2.45, 2.75) is 17.9 Å². The van der Waals surface area contributed by atoms with E-state index in [1.807, 2.05) is 0 Å². The summed E-state index contributed by atoms with van der Waals surface area (Å²) >= 11 is 0. The minimum atomic E-state index is -3.81. The standard InChI is InChI=1S/C15H21N3O6S/c19-14(11-3-5-16-6-4-11)17-15(20)12-1-2-13(24-12)25(21,22)18-7-9-23-10-8-18/h1-2,11,16H,3-10H2,(H,17,19,20). The van der Waals surface area contributed by atoms with E-state index >= 15 is 0 Å². The SMILES string of the molecule is O=C(NC(=O)C1CCNCC1)c1ccc(S(=O)(=O)N2CCOCC2)o1. The summed E-state index contributed by atoms with van der Waals surface area (Å²) in [5, 5.41) is 5.11. The summed E-state index contributed by atoms with van der Waals surface area (Å²) in [4.78, 5) is 24.2. The van der Waals surface area contributed by atoms with Gasteiger partial charge >= 0.3 is 0 Å². The smallest absolute Gasteiger partial charge is 0.293 e. The Kier molecular flexibility index (Phi) is 5.52. The van der Waals surface area contributed by atoms with Crippen molar-refractivity contribution < 1.29 is 27.2 Å². The Morgan fingerprint density at radius 3 is 2.52 bits per heavy atom. The zero-order chi connectivity index (χ0) is 17.9. The summed E-state index contributed by atoms with van der Waals surface area (Å²) < 4.78 is 36.5. The summed E-state index contributed by atoms with van der Waals surface area (Å²) in [5.41, 5.74) is 0. The monoisotopic (exact) mass is 371 g/mol. The van der Waals surface area contributed by atoms with Crippen LogP contribution in [-0.2, 0) is 19.6 Å². The van der Waals surface area contributed by atoms with Gasteiger partial charge in [-0.3, -0.25) is 14.9 Å². The molecule has 9 nitrogen and oxygen atoms in total. The van der Waals surface area contributed by atoms with E-state index in [1.165, 1.54) is 16.4 Å². The molecule has 3 rings (SSSR count). The lowest BCUT2D eigenvalue weighted by Gasteiger charge is -2.24. The number of rotatable bonds is 4. The van der Waals surface area contributed by atoms with Gasteiger partial charge in [0.25, 0.3) is 15.9 Å². The largest absolute Gasteiger partial charge is 0.438 e. The Morgan fingerprint density at radius 1 is 1.16 bits per heavy atom. The molecule has 0 unspecified atom stereocenters. The van der Waals surface area contributed by atoms with E-state index in [9.17, 15) is 18.0 Å². The van der Waals surface area contributed by atoms with Crippen LogP contribution in [0, 0.1) is 5.92 Å². The zero-order valence-corrected chi connectivity index (χ0v) is 14.5. The van der Waals surface area contributed by atoms with Gasteiger partial charge in [0.2, 0.25) is 11.0 Å². The van der Waals surface area contributed by atoms with Gasteiger partial charge in [-0.05, 0) is 38.1 Å². The highest BCUT2D eigenvalue weighted by molar-refractivity contribution is 7.89. The Balaban J connectivity index is 1.65. The number of amides is 2. The zero-order valence-electron chi connectivity index (χ0n) is 13.7. The summed E-state index contributed by atoms with van der Waals surface area (Å²) in [6.45, 7) is 2.57. The van der Waals surface area contributed by atoms with Gasteiger partial charge in [-0.25, -0.2) is 8.42 Å². The number of ether oxygens (including phenoxy) is 1. The van der Waals surface area contributed by atoms with Crippen LogP contribution in [-0.4, -0.2) is 63.9 Å². The number of carbonyl (C=O) groups excluding carboxylic acids is 2. The Labute approximate surface area is 145 Å². The van der Waals surface area contributed by atoms with E-state index in [2.05, 4.69) is 10.6 Å². The number of imide groups is 1. The Bertz CT molecular complexity index is 732. The molecule has 10 heteroatoms. The van der Waals surface area contributed by atoms with Crippen LogP contribution in [0.3, 0.4) is 0 Å². The number of hydrogen-bond acceptors (Lipinski definition) is 7. The Morgan fingerprint density at radius 2 is 1.84 bits per heavy atom. The topological polar surface area (TPSA) is 118 Å². The molecule has 1 aromatic rings. The highest BCUT2D eigenvalue weighted by Gasteiger charge is 2.30. The van der Waals surface area contributed by atoms with Crippen molar-refractivity contribution in [2.75, 3.05) is 39.4 Å². The molecule has 3 heterocycles. The van der Waals surface area contributed by atoms with Crippen molar-refractivity contribution in [1.82, 2.24) is 14.9 Å². The van der Waals surface area contributed by atoms with E-state index in [0.29, 0.717) is 26.1 Å². The van der Waals surface area contributed by atoms with Crippen LogP contribution in [0.2, 0.25) is 0 Å². The second kappa shape index (κ2) is 7.65. The summed E-state index contributed by atoms with van der Waals surface area (Å²) in [5.74, 6) is -1.52. The predicted octanol–water partition coefficient (Wildman–Crippen LogP) is -0.443. The quantitative estimate of drug-likeness (QED) is 0.689. The van der Waals surface area contributed by atoms with Gasteiger partial charge < -0.3 is 14.5 Å². The number of hydrogen-bond donors (Lipinski definition) is 2. The molecular formula is C15H21N3O6S. The number of nitrogens with one attached hydrogen (secondary N) is 2. The molecule has 0 bridgehead atoms. The molecule has 1 aromatic heterocycles. The van der Waals surface area contributed by atoms with Crippen molar-refractivity contribution in [3.05, 3.63) is 17.9 Å². The molecule has 0 aliphatic carbocycles. The normalized spacial score (nSPS) is 20.3. The average Bonchev–Trinajstić information content (AvgIpc) is 3.14. The van der Waals surface area contributed by atoms with Crippen LogP contribution < -0.4 is 10.6 Å². The number of sulfonamides is 1. The van der Waals surface area contributed by atoms with Crippen LogP contribution in [0.1, 0.15) is 23.4 Å². The third-order valence-corrected chi connectivity index (χ3v) is 6.09. The molecule has 2 fully saturated rings. The van der Waals surface area contributed by atoms with Crippen molar-refractivity contribution in [3.63, 3.8) is 0 Å². The van der Waals surface area contributed by atoms with E-state index in [1.54, 1.807) is 0 Å². The second-order valence-corrected chi connectivity index (χ2v) is 7.85. The van der Waals surface area contributed by atoms with Crippen molar-refractivity contribution >= 4 is 21.8 Å². The highest BCUT2D eigenvalue weighted by atomic mass is 32.2. The molecule has 0 aromatic carbocycles. The fourth-order valence-corrected chi connectivity index (χ4v) is 4.17. The number of piperidine rings is 1. The first-order valence-electron chi connectivity index (χ1n) is 8.22. The molecular weight excluding hydrogens is 350 g/mol. The van der Waals surface area contributed by atoms with E-state index in [-0.39, 0.29) is 35.8 Å². The first kappa shape index (κ1) is 18.1. The third-order valence-electron chi connectivity index (χ3n) is 4.32. The number of carbonyl (C=O) groups is 2. The summed E-state index contributed by atoms with van der Waals surface area (Å²) in [6, 6.07) is 2.49. The molecule has 2 N–H and O–H groups in total. The molecule has 0 atom stereocenters. The average molecular weight is 371 g/mol. The maximum absolute atomic E-state index is 12.5. The number of nitrogens with zero attached hydrogens (tertiary/aromatic N) is 1. The minimum Gasteiger partial charge on any atom is -0.438 e. The lowest BCUT2D eigenvalue weighted by atomic mass is 9.97. The maximum Gasteiger partial charge on any atom is 0.293 e. The van der Waals surface area contributed by atoms with E-state index < -0.39 is 15.9 Å². The van der Waals surface area contributed by atoms with E-state index in [4.69, 9.17) is 9.15 Å². The number of furan rings is 1. The van der Waals surface area contributed by atoms with Gasteiger partial charge in [-0.1, -0.05) is 0 Å². The highest BCUT2D eigenvalue weighted by Crippen LogP contribution is 2.20. The molecule has 2 aliphatic heterocycles. The van der Waals surface area contributed by atoms with Crippen molar-refractivity contribution in [2.24, 2.45) is 5.92 Å². The minimum absolute atomic E-state index is 0.200. The lowest BCUT2D eigenvalue weighted by molar-refractivity contribution is -0.124. The predicted molar refractivity (Wildman–Crippen MR) is 86.4 cm³/mol. The van der Waals surface area contributed by atoms with Crippen LogP contribution in [0.5, 0.6) is 0 Å². The third kappa shape index (κ3) is 4.09. The van der Waals surface area contributed by atoms with Gasteiger partial charge in [-0.15, -0.1) is 0 Å². The molecule has 138 valence electrons. The number of morpholine rings is 1. The van der Waals surface area contributed by atoms with Gasteiger partial charge in [-0.2, -0.15) is 4.31 Å². The van der Waals surface area contributed by atoms with E-state index in [0.717, 1.165) is 13.1 Å². The van der Waals surface area contributed by atoms with Crippen molar-refractivity contribution in [1.29, 1.82) is 0 Å². The summed E-state index contributed by atoms with van der Waals surface area (Å²) in [7, 11) is -3.81. The molecule has 2 aliphatic rings. The first-order valence-corrected chi connectivity index (χ1v) is 9.66. The Hall–Kier alpha value is -1.75. The van der Waals surface area contributed by atoms with Gasteiger partial charge in [0.05, 0.1) is 13.2 Å². The fraction of sp³-hybridized carbons (Fsp3) is 0.600.